The lowest BCUT2D eigenvalue weighted by Gasteiger charge is -2.11. The first-order valence-electron chi connectivity index (χ1n) is 8.15. The standard InChI is InChI=1S/C15H28O6/c16-15(17)14-12-10-8-6-4-2-1-3-5-7-9-11-13-18-20-21-19-14/h14H,1-13H2,(H,16,17). The Morgan fingerprint density at radius 1 is 0.762 bits per heavy atom. The van der Waals surface area contributed by atoms with Crippen LogP contribution in [0.1, 0.15) is 77.0 Å². The van der Waals surface area contributed by atoms with E-state index in [2.05, 4.69) is 10.1 Å². The lowest BCUT2D eigenvalue weighted by molar-refractivity contribution is -0.639. The van der Waals surface area contributed by atoms with E-state index < -0.39 is 12.1 Å². The number of rotatable bonds is 1. The smallest absolute Gasteiger partial charge is 0.336 e. The van der Waals surface area contributed by atoms with E-state index in [-0.39, 0.29) is 0 Å². The van der Waals surface area contributed by atoms with Crippen molar-refractivity contribution < 1.29 is 29.8 Å². The van der Waals surface area contributed by atoms with Crippen LogP contribution in [0.5, 0.6) is 0 Å². The molecule has 0 aromatic rings. The molecule has 0 spiro atoms. The van der Waals surface area contributed by atoms with Crippen molar-refractivity contribution in [3.8, 4) is 0 Å². The first kappa shape index (κ1) is 18.4. The normalized spacial score (nSPS) is 25.6. The van der Waals surface area contributed by atoms with Gasteiger partial charge in [-0.1, -0.05) is 64.2 Å². The van der Waals surface area contributed by atoms with E-state index in [1.807, 2.05) is 0 Å². The summed E-state index contributed by atoms with van der Waals surface area (Å²) < 4.78 is 0. The van der Waals surface area contributed by atoms with Crippen LogP contribution in [0.15, 0.2) is 0 Å². The fourth-order valence-electron chi connectivity index (χ4n) is 2.41. The molecular formula is C15H28O6. The second-order valence-electron chi connectivity index (χ2n) is 5.56. The maximum atomic E-state index is 11.0. The summed E-state index contributed by atoms with van der Waals surface area (Å²) >= 11 is 0. The van der Waals surface area contributed by atoms with Gasteiger partial charge in [-0.2, -0.15) is 4.89 Å². The average Bonchev–Trinajstić information content (AvgIpc) is 2.47. The third kappa shape index (κ3) is 10.6. The van der Waals surface area contributed by atoms with Gasteiger partial charge in [-0.15, -0.1) is 0 Å². The summed E-state index contributed by atoms with van der Waals surface area (Å²) in [5.74, 6) is -1.05. The van der Waals surface area contributed by atoms with E-state index in [1.54, 1.807) is 0 Å². The van der Waals surface area contributed by atoms with E-state index >= 15 is 0 Å². The fraction of sp³-hybridized carbons (Fsp3) is 0.933. The van der Waals surface area contributed by atoms with Crippen LogP contribution in [0.3, 0.4) is 0 Å². The highest BCUT2D eigenvalue weighted by molar-refractivity contribution is 5.72. The van der Waals surface area contributed by atoms with Gasteiger partial charge in [-0.05, 0) is 22.9 Å². The molecule has 1 unspecified atom stereocenters. The fourth-order valence-corrected chi connectivity index (χ4v) is 2.41. The van der Waals surface area contributed by atoms with Crippen molar-refractivity contribution in [3.63, 3.8) is 0 Å². The number of hydrogen-bond acceptors (Lipinski definition) is 5. The van der Waals surface area contributed by atoms with Crippen LogP contribution in [-0.4, -0.2) is 23.8 Å². The van der Waals surface area contributed by atoms with Gasteiger partial charge in [0.05, 0.1) is 6.61 Å². The molecule has 6 heteroatoms. The molecular weight excluding hydrogens is 276 g/mol. The Bertz CT molecular complexity index is 241. The van der Waals surface area contributed by atoms with E-state index in [0.717, 1.165) is 32.1 Å². The third-order valence-corrected chi connectivity index (χ3v) is 3.70. The SMILES string of the molecule is O=C(O)C1CCCCCCCCCCCCCOOOO1. The second kappa shape index (κ2) is 13.0. The molecule has 1 saturated heterocycles. The summed E-state index contributed by atoms with van der Waals surface area (Å²) in [4.78, 5) is 20.4. The maximum absolute atomic E-state index is 11.0. The van der Waals surface area contributed by atoms with Gasteiger partial charge >= 0.3 is 5.97 Å². The summed E-state index contributed by atoms with van der Waals surface area (Å²) in [5.41, 5.74) is 0. The summed E-state index contributed by atoms with van der Waals surface area (Å²) in [6, 6.07) is 0. The molecule has 1 atom stereocenters. The van der Waals surface area contributed by atoms with Crippen LogP contribution in [0.25, 0.3) is 0 Å². The predicted octanol–water partition coefficient (Wildman–Crippen LogP) is 3.95. The maximum Gasteiger partial charge on any atom is 0.336 e. The molecule has 1 aliphatic rings. The van der Waals surface area contributed by atoms with Gasteiger partial charge in [-0.3, -0.25) is 0 Å². The van der Waals surface area contributed by atoms with Gasteiger partial charge in [0.2, 0.25) is 0 Å². The second-order valence-corrected chi connectivity index (χ2v) is 5.56. The number of carbonyl (C=O) groups is 1. The van der Waals surface area contributed by atoms with Crippen LogP contribution in [0.2, 0.25) is 0 Å². The zero-order valence-electron chi connectivity index (χ0n) is 12.8. The van der Waals surface area contributed by atoms with Crippen molar-refractivity contribution in [1.29, 1.82) is 0 Å². The molecule has 124 valence electrons. The highest BCUT2D eigenvalue weighted by atomic mass is 17.7. The minimum atomic E-state index is -1.05. The molecule has 0 amide bonds. The molecule has 0 aromatic carbocycles. The molecule has 0 aliphatic carbocycles. The van der Waals surface area contributed by atoms with Crippen molar-refractivity contribution >= 4 is 5.97 Å². The number of aliphatic carboxylic acids is 1. The molecule has 1 fully saturated rings. The lowest BCUT2D eigenvalue weighted by atomic mass is 10.0. The number of carboxylic acids is 1. The Hall–Kier alpha value is -0.690. The molecule has 1 aliphatic heterocycles. The Balaban J connectivity index is 2.23. The van der Waals surface area contributed by atoms with Crippen molar-refractivity contribution in [2.75, 3.05) is 6.61 Å². The third-order valence-electron chi connectivity index (χ3n) is 3.70. The van der Waals surface area contributed by atoms with Gasteiger partial charge in [0.25, 0.3) is 0 Å². The van der Waals surface area contributed by atoms with Gasteiger partial charge in [0, 0.05) is 0 Å². The van der Waals surface area contributed by atoms with Crippen LogP contribution in [-0.2, 0) is 24.6 Å². The summed E-state index contributed by atoms with van der Waals surface area (Å²) in [5, 5.41) is 17.7. The molecule has 0 bridgehead atoms. The van der Waals surface area contributed by atoms with Crippen LogP contribution in [0, 0.1) is 0 Å². The van der Waals surface area contributed by atoms with Gasteiger partial charge in [0.15, 0.2) is 6.10 Å². The van der Waals surface area contributed by atoms with E-state index in [0.29, 0.717) is 13.0 Å². The number of carboxylic acid groups (broad SMARTS) is 1. The topological polar surface area (TPSA) is 74.2 Å². The average molecular weight is 304 g/mol. The summed E-state index contributed by atoms with van der Waals surface area (Å²) in [6.07, 6.45) is 12.0. The lowest BCUT2D eigenvalue weighted by Crippen LogP contribution is -2.24. The summed E-state index contributed by atoms with van der Waals surface area (Å²) in [7, 11) is 0. The van der Waals surface area contributed by atoms with Gasteiger partial charge < -0.3 is 5.11 Å². The number of hydrogen-bond donors (Lipinski definition) is 1. The highest BCUT2D eigenvalue weighted by Crippen LogP contribution is 2.14. The minimum Gasteiger partial charge on any atom is -0.479 e. The van der Waals surface area contributed by atoms with Crippen molar-refractivity contribution in [1.82, 2.24) is 0 Å². The molecule has 0 aromatic heterocycles. The van der Waals surface area contributed by atoms with Gasteiger partial charge in [0.1, 0.15) is 0 Å². The zero-order valence-corrected chi connectivity index (χ0v) is 12.8. The molecule has 1 rings (SSSR count). The van der Waals surface area contributed by atoms with Crippen LogP contribution < -0.4 is 0 Å². The largest absolute Gasteiger partial charge is 0.479 e. The van der Waals surface area contributed by atoms with E-state index in [4.69, 9.17) is 14.9 Å². The zero-order chi connectivity index (χ0) is 15.2. The van der Waals surface area contributed by atoms with Crippen molar-refractivity contribution in [2.24, 2.45) is 0 Å². The Morgan fingerprint density at radius 3 is 1.86 bits per heavy atom. The Kier molecular flexibility index (Phi) is 11.4. The quantitative estimate of drug-likeness (QED) is 0.739. The van der Waals surface area contributed by atoms with Crippen molar-refractivity contribution in [2.45, 2.75) is 83.2 Å². The minimum absolute atomic E-state index is 0.415. The first-order chi connectivity index (χ1) is 10.3. The molecule has 1 N–H and O–H groups in total. The van der Waals surface area contributed by atoms with Gasteiger partial charge in [-0.25, -0.2) is 9.68 Å². The molecule has 21 heavy (non-hydrogen) atoms. The predicted molar refractivity (Wildman–Crippen MR) is 76.0 cm³/mol. The monoisotopic (exact) mass is 304 g/mol. The Morgan fingerprint density at radius 2 is 1.29 bits per heavy atom. The van der Waals surface area contributed by atoms with Crippen LogP contribution >= 0.6 is 0 Å². The van der Waals surface area contributed by atoms with E-state index in [9.17, 15) is 4.79 Å². The molecule has 0 radical (unpaired) electrons. The molecule has 6 nitrogen and oxygen atoms in total. The van der Waals surface area contributed by atoms with E-state index in [1.165, 1.54) is 38.5 Å². The summed E-state index contributed by atoms with van der Waals surface area (Å²) in [6.45, 7) is 0.418. The molecule has 0 saturated carbocycles. The van der Waals surface area contributed by atoms with Crippen molar-refractivity contribution in [3.05, 3.63) is 0 Å². The Labute approximate surface area is 126 Å². The molecule has 1 heterocycles. The highest BCUT2D eigenvalue weighted by Gasteiger charge is 2.19. The van der Waals surface area contributed by atoms with Crippen LogP contribution in [0.4, 0.5) is 0 Å². The first-order valence-corrected chi connectivity index (χ1v) is 8.15.